The first-order chi connectivity index (χ1) is 12.7. The van der Waals surface area contributed by atoms with Crippen LogP contribution in [-0.2, 0) is 16.6 Å². The molecule has 0 saturated carbocycles. The third-order valence-corrected chi connectivity index (χ3v) is 5.42. The van der Waals surface area contributed by atoms with Crippen LogP contribution < -0.4 is 4.72 Å². The number of rotatable bonds is 8. The Labute approximate surface area is 159 Å². The van der Waals surface area contributed by atoms with Crippen LogP contribution in [0.2, 0.25) is 0 Å². The molecule has 144 valence electrons. The van der Waals surface area contributed by atoms with Gasteiger partial charge in [-0.05, 0) is 57.2 Å². The lowest BCUT2D eigenvalue weighted by atomic mass is 10.1. The van der Waals surface area contributed by atoms with E-state index in [0.29, 0.717) is 17.9 Å². The van der Waals surface area contributed by atoms with Gasteiger partial charge in [-0.25, -0.2) is 13.1 Å². The average molecular weight is 389 g/mol. The number of nitrogens with one attached hydrogen (secondary N) is 1. The van der Waals surface area contributed by atoms with Gasteiger partial charge in [0, 0.05) is 24.6 Å². The van der Waals surface area contributed by atoms with E-state index >= 15 is 0 Å². The maximum atomic E-state index is 12.9. The molecule has 0 bridgehead atoms. The number of furan rings is 1. The maximum absolute atomic E-state index is 12.9. The summed E-state index contributed by atoms with van der Waals surface area (Å²) in [5.74, 6) is 1.26. The Morgan fingerprint density at radius 3 is 2.41 bits per heavy atom. The van der Waals surface area contributed by atoms with E-state index in [9.17, 15) is 13.2 Å². The zero-order chi connectivity index (χ0) is 20.0. The van der Waals surface area contributed by atoms with Crippen LogP contribution in [0.15, 0.2) is 45.7 Å². The largest absolute Gasteiger partial charge is 0.464 e. The Kier molecular flexibility index (Phi) is 6.77. The van der Waals surface area contributed by atoms with E-state index in [1.807, 2.05) is 39.0 Å². The van der Waals surface area contributed by atoms with Gasteiger partial charge in [-0.1, -0.05) is 0 Å². The molecular formula is C19H23N3O4S. The summed E-state index contributed by atoms with van der Waals surface area (Å²) in [6.45, 7) is 6.04. The summed E-state index contributed by atoms with van der Waals surface area (Å²) >= 11 is 0. The molecule has 0 unspecified atom stereocenters. The minimum Gasteiger partial charge on any atom is -0.464 e. The monoisotopic (exact) mass is 389 g/mol. The minimum absolute atomic E-state index is 0.0448. The Morgan fingerprint density at radius 1 is 1.22 bits per heavy atom. The molecule has 0 spiro atoms. The van der Waals surface area contributed by atoms with Gasteiger partial charge in [0.25, 0.3) is 5.91 Å². The van der Waals surface area contributed by atoms with Gasteiger partial charge in [0.1, 0.15) is 11.5 Å². The molecular weight excluding hydrogens is 366 g/mol. The molecule has 1 aromatic carbocycles. The van der Waals surface area contributed by atoms with Crippen molar-refractivity contribution in [1.82, 2.24) is 9.62 Å². The number of benzene rings is 1. The molecule has 8 heteroatoms. The highest BCUT2D eigenvalue weighted by Gasteiger charge is 2.21. The van der Waals surface area contributed by atoms with Crippen LogP contribution in [0.5, 0.6) is 0 Å². The number of nitrogens with zero attached hydrogens (tertiary/aromatic N) is 2. The van der Waals surface area contributed by atoms with Crippen molar-refractivity contribution in [2.75, 3.05) is 6.54 Å². The predicted octanol–water partition coefficient (Wildman–Crippen LogP) is 2.83. The van der Waals surface area contributed by atoms with Gasteiger partial charge in [0.05, 0.1) is 17.5 Å². The van der Waals surface area contributed by atoms with Gasteiger partial charge in [0.2, 0.25) is 10.0 Å². The molecule has 1 N–H and O–H groups in total. The zero-order valence-electron chi connectivity index (χ0n) is 15.6. The number of hydrogen-bond donors (Lipinski definition) is 1. The molecule has 0 saturated heterocycles. The summed E-state index contributed by atoms with van der Waals surface area (Å²) in [6, 6.07) is 11.3. The molecule has 0 fully saturated rings. The van der Waals surface area contributed by atoms with E-state index in [0.717, 1.165) is 5.76 Å². The predicted molar refractivity (Wildman–Crippen MR) is 100 cm³/mol. The van der Waals surface area contributed by atoms with Crippen LogP contribution in [0.25, 0.3) is 0 Å². The van der Waals surface area contributed by atoms with Crippen LogP contribution in [0, 0.1) is 18.3 Å². The first kappa shape index (κ1) is 20.7. The lowest BCUT2D eigenvalue weighted by Gasteiger charge is -2.26. The van der Waals surface area contributed by atoms with Crippen LogP contribution in [0.4, 0.5) is 0 Å². The lowest BCUT2D eigenvalue weighted by Crippen LogP contribution is -2.36. The fourth-order valence-corrected chi connectivity index (χ4v) is 3.53. The molecule has 2 aromatic rings. The topological polar surface area (TPSA) is 103 Å². The van der Waals surface area contributed by atoms with Crippen LogP contribution >= 0.6 is 0 Å². The van der Waals surface area contributed by atoms with E-state index in [4.69, 9.17) is 9.68 Å². The van der Waals surface area contributed by atoms with E-state index in [-0.39, 0.29) is 29.8 Å². The molecule has 0 atom stereocenters. The van der Waals surface area contributed by atoms with Gasteiger partial charge in [-0.2, -0.15) is 5.26 Å². The summed E-state index contributed by atoms with van der Waals surface area (Å²) in [6.07, 6.45) is 0.0887. The Hall–Kier alpha value is -2.63. The van der Waals surface area contributed by atoms with E-state index < -0.39 is 10.0 Å². The summed E-state index contributed by atoms with van der Waals surface area (Å²) in [5, 5.41) is 8.50. The highest BCUT2D eigenvalue weighted by Crippen LogP contribution is 2.17. The number of aryl methyl sites for hydroxylation is 1. The Bertz CT molecular complexity index is 925. The lowest BCUT2D eigenvalue weighted by molar-refractivity contribution is 0.0675. The summed E-state index contributed by atoms with van der Waals surface area (Å²) in [7, 11) is -3.70. The number of carbonyl (C=O) groups is 1. The second-order valence-electron chi connectivity index (χ2n) is 6.37. The second kappa shape index (κ2) is 8.84. The van der Waals surface area contributed by atoms with Crippen molar-refractivity contribution >= 4 is 15.9 Å². The molecule has 0 radical (unpaired) electrons. The van der Waals surface area contributed by atoms with Crippen molar-refractivity contribution < 1.29 is 17.6 Å². The molecule has 27 heavy (non-hydrogen) atoms. The highest BCUT2D eigenvalue weighted by molar-refractivity contribution is 7.89. The van der Waals surface area contributed by atoms with E-state index in [2.05, 4.69) is 4.72 Å². The highest BCUT2D eigenvalue weighted by atomic mass is 32.2. The number of carbonyl (C=O) groups excluding carboxylic acids is 1. The number of amides is 1. The normalized spacial score (nSPS) is 11.4. The van der Waals surface area contributed by atoms with E-state index in [1.165, 1.54) is 24.3 Å². The van der Waals surface area contributed by atoms with Crippen molar-refractivity contribution in [3.63, 3.8) is 0 Å². The smallest absolute Gasteiger partial charge is 0.254 e. The zero-order valence-corrected chi connectivity index (χ0v) is 16.4. The molecule has 7 nitrogen and oxygen atoms in total. The number of nitriles is 1. The molecule has 1 amide bonds. The fraction of sp³-hybridized carbons (Fsp3) is 0.368. The molecule has 1 aromatic heterocycles. The standard InChI is InChI=1S/C19H23N3O4S/c1-14(2)22(13-17-8-5-15(3)26-17)19(23)16-6-9-18(10-7-16)27(24,25)21-12-4-11-20/h5-10,14,21H,4,12-13H2,1-3H3. The van der Waals surface area contributed by atoms with Gasteiger partial charge in [0.15, 0.2) is 0 Å². The van der Waals surface area contributed by atoms with Gasteiger partial charge in [-0.15, -0.1) is 0 Å². The molecule has 2 rings (SSSR count). The molecule has 0 aliphatic carbocycles. The number of hydrogen-bond acceptors (Lipinski definition) is 5. The van der Waals surface area contributed by atoms with Crippen LogP contribution in [0.1, 0.15) is 42.1 Å². The van der Waals surface area contributed by atoms with Crippen molar-refractivity contribution in [2.24, 2.45) is 0 Å². The van der Waals surface area contributed by atoms with Gasteiger partial charge in [-0.3, -0.25) is 4.79 Å². The van der Waals surface area contributed by atoms with Crippen molar-refractivity contribution in [1.29, 1.82) is 5.26 Å². The van der Waals surface area contributed by atoms with Crippen molar-refractivity contribution in [3.8, 4) is 6.07 Å². The van der Waals surface area contributed by atoms with Crippen molar-refractivity contribution in [2.45, 2.75) is 44.7 Å². The van der Waals surface area contributed by atoms with Gasteiger partial charge >= 0.3 is 0 Å². The Morgan fingerprint density at radius 2 is 1.89 bits per heavy atom. The van der Waals surface area contributed by atoms with E-state index in [1.54, 1.807) is 4.90 Å². The number of sulfonamides is 1. The molecule has 0 aliphatic rings. The van der Waals surface area contributed by atoms with Crippen LogP contribution in [0.3, 0.4) is 0 Å². The minimum atomic E-state index is -3.70. The third-order valence-electron chi connectivity index (χ3n) is 3.95. The molecule has 1 heterocycles. The Balaban J connectivity index is 2.16. The van der Waals surface area contributed by atoms with Crippen molar-refractivity contribution in [3.05, 3.63) is 53.5 Å². The summed E-state index contributed by atoms with van der Waals surface area (Å²) in [4.78, 5) is 14.6. The summed E-state index contributed by atoms with van der Waals surface area (Å²) < 4.78 is 32.2. The summed E-state index contributed by atoms with van der Waals surface area (Å²) in [5.41, 5.74) is 0.392. The average Bonchev–Trinajstić information content (AvgIpc) is 3.04. The second-order valence-corrected chi connectivity index (χ2v) is 8.14. The first-order valence-corrected chi connectivity index (χ1v) is 10.1. The SMILES string of the molecule is Cc1ccc(CN(C(=O)c2ccc(S(=O)(=O)NCCC#N)cc2)C(C)C)o1. The molecule has 0 aliphatic heterocycles. The third kappa shape index (κ3) is 5.42. The van der Waals surface area contributed by atoms with Gasteiger partial charge < -0.3 is 9.32 Å². The quantitative estimate of drug-likeness (QED) is 0.699. The first-order valence-electron chi connectivity index (χ1n) is 8.57. The maximum Gasteiger partial charge on any atom is 0.254 e. The van der Waals surface area contributed by atoms with Crippen LogP contribution in [-0.4, -0.2) is 31.8 Å². The fourth-order valence-electron chi connectivity index (χ4n) is 2.49.